The van der Waals surface area contributed by atoms with Crippen LogP contribution in [0.3, 0.4) is 0 Å². The number of ether oxygens (including phenoxy) is 1. The Balaban J connectivity index is 2.09. The van der Waals surface area contributed by atoms with Crippen LogP contribution >= 0.6 is 0 Å². The first-order valence-electron chi connectivity index (χ1n) is 8.42. The van der Waals surface area contributed by atoms with E-state index in [9.17, 15) is 5.11 Å². The monoisotopic (exact) mass is 311 g/mol. The van der Waals surface area contributed by atoms with Gasteiger partial charge in [-0.05, 0) is 25.2 Å². The second kappa shape index (κ2) is 6.34. The van der Waals surface area contributed by atoms with E-state index in [0.717, 1.165) is 42.3 Å². The molecule has 0 aliphatic carbocycles. The fourth-order valence-electron chi connectivity index (χ4n) is 3.54. The van der Waals surface area contributed by atoms with Gasteiger partial charge in [-0.2, -0.15) is 0 Å². The molecule has 1 aliphatic heterocycles. The zero-order valence-corrected chi connectivity index (χ0v) is 14.1. The summed E-state index contributed by atoms with van der Waals surface area (Å²) >= 11 is 0. The van der Waals surface area contributed by atoms with E-state index >= 15 is 0 Å². The minimum atomic E-state index is -1.03. The minimum Gasteiger partial charge on any atom is -0.457 e. The van der Waals surface area contributed by atoms with Gasteiger partial charge in [-0.25, -0.2) is 0 Å². The first-order valence-corrected chi connectivity index (χ1v) is 8.42. The molecule has 1 atom stereocenters. The Bertz CT molecular complexity index is 633. The predicted octanol–water partition coefficient (Wildman–Crippen LogP) is 4.01. The standard InChI is InChI=1S/C20H25NO2/c1-4-21(5-2)14-15(3)20(22)16-10-6-8-12-18(16)23-19-13-9-7-11-17(19)20/h6-13,15,22H,4-5,14H2,1-3H3/t15-/m0/s1. The van der Waals surface area contributed by atoms with E-state index in [0.29, 0.717) is 0 Å². The van der Waals surface area contributed by atoms with Gasteiger partial charge in [0.15, 0.2) is 0 Å². The molecule has 2 aromatic rings. The minimum absolute atomic E-state index is 0.0496. The lowest BCUT2D eigenvalue weighted by Crippen LogP contribution is -2.43. The van der Waals surface area contributed by atoms with Crippen LogP contribution in [0.25, 0.3) is 0 Å². The molecule has 1 heterocycles. The number of rotatable bonds is 5. The second-order valence-electron chi connectivity index (χ2n) is 6.25. The maximum atomic E-state index is 11.8. The predicted molar refractivity (Wildman–Crippen MR) is 92.9 cm³/mol. The average Bonchev–Trinajstić information content (AvgIpc) is 2.59. The summed E-state index contributed by atoms with van der Waals surface area (Å²) in [4.78, 5) is 2.35. The first kappa shape index (κ1) is 16.0. The zero-order valence-electron chi connectivity index (χ0n) is 14.1. The van der Waals surface area contributed by atoms with Crippen LogP contribution in [0.2, 0.25) is 0 Å². The number of benzene rings is 2. The van der Waals surface area contributed by atoms with Crippen molar-refractivity contribution >= 4 is 0 Å². The third-order valence-electron chi connectivity index (χ3n) is 4.95. The molecule has 0 amide bonds. The third kappa shape index (κ3) is 2.64. The highest BCUT2D eigenvalue weighted by Gasteiger charge is 2.44. The van der Waals surface area contributed by atoms with Crippen molar-refractivity contribution in [2.45, 2.75) is 26.4 Å². The largest absolute Gasteiger partial charge is 0.457 e. The van der Waals surface area contributed by atoms with Gasteiger partial charge in [0.25, 0.3) is 0 Å². The van der Waals surface area contributed by atoms with Gasteiger partial charge >= 0.3 is 0 Å². The Morgan fingerprint density at radius 1 is 0.957 bits per heavy atom. The quantitative estimate of drug-likeness (QED) is 0.905. The van der Waals surface area contributed by atoms with Crippen molar-refractivity contribution in [2.24, 2.45) is 5.92 Å². The van der Waals surface area contributed by atoms with E-state index in [2.05, 4.69) is 25.7 Å². The molecule has 0 fully saturated rings. The lowest BCUT2D eigenvalue weighted by molar-refractivity contribution is 0.000982. The highest BCUT2D eigenvalue weighted by atomic mass is 16.5. The number of nitrogens with zero attached hydrogens (tertiary/aromatic N) is 1. The lowest BCUT2D eigenvalue weighted by atomic mass is 9.74. The molecule has 3 nitrogen and oxygen atoms in total. The molecule has 23 heavy (non-hydrogen) atoms. The van der Waals surface area contributed by atoms with Crippen LogP contribution in [-0.2, 0) is 5.60 Å². The Morgan fingerprint density at radius 2 is 1.43 bits per heavy atom. The van der Waals surface area contributed by atoms with Gasteiger partial charge in [0.1, 0.15) is 17.1 Å². The number of hydrogen-bond acceptors (Lipinski definition) is 3. The molecular formula is C20H25NO2. The Morgan fingerprint density at radius 3 is 1.91 bits per heavy atom. The fraction of sp³-hybridized carbons (Fsp3) is 0.400. The molecule has 1 N–H and O–H groups in total. The molecule has 122 valence electrons. The van der Waals surface area contributed by atoms with E-state index in [4.69, 9.17) is 4.74 Å². The van der Waals surface area contributed by atoms with Crippen LogP contribution in [0.15, 0.2) is 48.5 Å². The maximum absolute atomic E-state index is 11.8. The van der Waals surface area contributed by atoms with Crippen LogP contribution in [-0.4, -0.2) is 29.6 Å². The van der Waals surface area contributed by atoms with Crippen molar-refractivity contribution in [1.29, 1.82) is 0 Å². The second-order valence-corrected chi connectivity index (χ2v) is 6.25. The molecule has 0 bridgehead atoms. The first-order chi connectivity index (χ1) is 11.1. The summed E-state index contributed by atoms with van der Waals surface area (Å²) in [5, 5.41) is 11.8. The maximum Gasteiger partial charge on any atom is 0.133 e. The van der Waals surface area contributed by atoms with Crippen LogP contribution in [0.5, 0.6) is 11.5 Å². The van der Waals surface area contributed by atoms with Crippen molar-refractivity contribution in [3.8, 4) is 11.5 Å². The van der Waals surface area contributed by atoms with Gasteiger partial charge in [0.2, 0.25) is 0 Å². The zero-order chi connectivity index (χ0) is 16.4. The summed E-state index contributed by atoms with van der Waals surface area (Å²) in [6, 6.07) is 15.6. The van der Waals surface area contributed by atoms with Gasteiger partial charge < -0.3 is 14.7 Å². The van der Waals surface area contributed by atoms with Gasteiger partial charge in [0.05, 0.1) is 0 Å². The summed E-state index contributed by atoms with van der Waals surface area (Å²) < 4.78 is 6.01. The highest BCUT2D eigenvalue weighted by Crippen LogP contribution is 2.50. The number of aliphatic hydroxyl groups is 1. The number of fused-ring (bicyclic) bond motifs is 2. The molecule has 1 aliphatic rings. The number of hydrogen-bond donors (Lipinski definition) is 1. The smallest absolute Gasteiger partial charge is 0.133 e. The van der Waals surface area contributed by atoms with Crippen molar-refractivity contribution in [1.82, 2.24) is 4.90 Å². The summed E-state index contributed by atoms with van der Waals surface area (Å²) in [6.07, 6.45) is 0. The molecule has 3 heteroatoms. The van der Waals surface area contributed by atoms with E-state index in [1.165, 1.54) is 0 Å². The molecule has 0 spiro atoms. The summed E-state index contributed by atoms with van der Waals surface area (Å²) in [6.45, 7) is 9.25. The topological polar surface area (TPSA) is 32.7 Å². The Hall–Kier alpha value is -1.84. The van der Waals surface area contributed by atoms with Crippen LogP contribution in [0.1, 0.15) is 31.9 Å². The molecule has 0 unspecified atom stereocenters. The summed E-state index contributed by atoms with van der Waals surface area (Å²) in [7, 11) is 0. The van der Waals surface area contributed by atoms with Crippen LogP contribution in [0, 0.1) is 5.92 Å². The fourth-order valence-corrected chi connectivity index (χ4v) is 3.54. The summed E-state index contributed by atoms with van der Waals surface area (Å²) in [5.41, 5.74) is 0.685. The van der Waals surface area contributed by atoms with Crippen molar-refractivity contribution in [3.63, 3.8) is 0 Å². The molecule has 0 radical (unpaired) electrons. The SMILES string of the molecule is CCN(CC)C[C@H](C)C1(O)c2ccccc2Oc2ccccc21. The van der Waals surface area contributed by atoms with Gasteiger partial charge in [-0.15, -0.1) is 0 Å². The Kier molecular flexibility index (Phi) is 4.42. The van der Waals surface area contributed by atoms with Crippen LogP contribution in [0.4, 0.5) is 0 Å². The van der Waals surface area contributed by atoms with Gasteiger partial charge in [-0.3, -0.25) is 0 Å². The van der Waals surface area contributed by atoms with Crippen molar-refractivity contribution < 1.29 is 9.84 Å². The molecular weight excluding hydrogens is 286 g/mol. The number of para-hydroxylation sites is 2. The van der Waals surface area contributed by atoms with Crippen molar-refractivity contribution in [3.05, 3.63) is 59.7 Å². The molecule has 2 aromatic carbocycles. The van der Waals surface area contributed by atoms with Gasteiger partial charge in [-0.1, -0.05) is 57.2 Å². The molecule has 0 saturated carbocycles. The average molecular weight is 311 g/mol. The van der Waals surface area contributed by atoms with E-state index in [-0.39, 0.29) is 5.92 Å². The lowest BCUT2D eigenvalue weighted by Gasteiger charge is -2.41. The molecule has 0 aromatic heterocycles. The van der Waals surface area contributed by atoms with Crippen LogP contribution < -0.4 is 4.74 Å². The van der Waals surface area contributed by atoms with E-state index in [1.807, 2.05) is 48.5 Å². The molecule has 0 saturated heterocycles. The molecule has 3 rings (SSSR count). The van der Waals surface area contributed by atoms with Crippen molar-refractivity contribution in [2.75, 3.05) is 19.6 Å². The van der Waals surface area contributed by atoms with E-state index < -0.39 is 5.60 Å². The highest BCUT2D eigenvalue weighted by molar-refractivity contribution is 5.55. The summed E-state index contributed by atoms with van der Waals surface area (Å²) in [5.74, 6) is 1.55. The normalized spacial score (nSPS) is 16.4. The Labute approximate surface area is 138 Å². The third-order valence-corrected chi connectivity index (χ3v) is 4.95. The van der Waals surface area contributed by atoms with E-state index in [1.54, 1.807) is 0 Å². The van der Waals surface area contributed by atoms with Gasteiger partial charge in [0, 0.05) is 23.6 Å².